The van der Waals surface area contributed by atoms with Crippen molar-refractivity contribution in [2.45, 2.75) is 24.9 Å². The normalized spacial score (nSPS) is 24.8. The van der Waals surface area contributed by atoms with Crippen molar-refractivity contribution >= 4 is 5.82 Å². The summed E-state index contributed by atoms with van der Waals surface area (Å²) in [5.74, 6) is 0.751. The summed E-state index contributed by atoms with van der Waals surface area (Å²) in [4.78, 5) is 2.36. The lowest BCUT2D eigenvalue weighted by atomic mass is 10.2. The number of nitrogens with one attached hydrogen (secondary N) is 1. The van der Waals surface area contributed by atoms with E-state index in [1.54, 1.807) is 0 Å². The number of nitrogens with zero attached hydrogens (tertiary/aromatic N) is 2. The second-order valence-corrected chi connectivity index (χ2v) is 3.85. The number of nitrogen functional groups attached to an aromatic ring is 1. The van der Waals surface area contributed by atoms with E-state index in [-0.39, 0.29) is 5.54 Å². The van der Waals surface area contributed by atoms with Crippen molar-refractivity contribution in [3.05, 3.63) is 11.3 Å². The number of hydrogen-bond donors (Lipinski definition) is 2. The van der Waals surface area contributed by atoms with Crippen LogP contribution in [0.2, 0.25) is 0 Å². The predicted octanol–water partition coefficient (Wildman–Crippen LogP) is 0.426. The first-order chi connectivity index (χ1) is 5.74. The minimum Gasteiger partial charge on any atom is -0.384 e. The van der Waals surface area contributed by atoms with Crippen LogP contribution in [0, 0.1) is 0 Å². The fourth-order valence-corrected chi connectivity index (χ4v) is 2.23. The Morgan fingerprint density at radius 3 is 3.00 bits per heavy atom. The molecule has 0 aromatic carbocycles. The van der Waals surface area contributed by atoms with Crippen LogP contribution in [-0.2, 0) is 12.1 Å². The third-order valence-electron chi connectivity index (χ3n) is 3.19. The monoisotopic (exact) mass is 164 g/mol. The molecule has 2 heterocycles. The first-order valence-corrected chi connectivity index (χ1v) is 4.28. The van der Waals surface area contributed by atoms with Gasteiger partial charge < -0.3 is 5.73 Å². The SMILES string of the molecule is CN1Cc2c(n[nH]c2N)C12CC2. The highest BCUT2D eigenvalue weighted by Gasteiger charge is 2.55. The lowest BCUT2D eigenvalue weighted by Gasteiger charge is -2.17. The predicted molar refractivity (Wildman–Crippen MR) is 45.4 cm³/mol. The molecule has 3 N–H and O–H groups in total. The van der Waals surface area contributed by atoms with Crippen molar-refractivity contribution in [3.63, 3.8) is 0 Å². The summed E-state index contributed by atoms with van der Waals surface area (Å²) in [5, 5.41) is 7.13. The van der Waals surface area contributed by atoms with Gasteiger partial charge in [-0.1, -0.05) is 0 Å². The molecular weight excluding hydrogens is 152 g/mol. The molecule has 0 saturated heterocycles. The van der Waals surface area contributed by atoms with Gasteiger partial charge in [0.25, 0.3) is 0 Å². The maximum atomic E-state index is 5.76. The molecule has 64 valence electrons. The van der Waals surface area contributed by atoms with Crippen LogP contribution in [0.4, 0.5) is 5.82 Å². The van der Waals surface area contributed by atoms with E-state index in [0.29, 0.717) is 0 Å². The molecule has 0 bridgehead atoms. The molecule has 1 aliphatic carbocycles. The largest absolute Gasteiger partial charge is 0.384 e. The number of hydrogen-bond acceptors (Lipinski definition) is 3. The average molecular weight is 164 g/mol. The number of nitrogens with two attached hydrogens (primary N) is 1. The number of H-pyrrole nitrogens is 1. The minimum absolute atomic E-state index is 0.267. The van der Waals surface area contributed by atoms with Crippen LogP contribution in [0.5, 0.6) is 0 Å². The quantitative estimate of drug-likeness (QED) is 0.584. The van der Waals surface area contributed by atoms with E-state index < -0.39 is 0 Å². The maximum Gasteiger partial charge on any atom is 0.123 e. The van der Waals surface area contributed by atoms with Crippen molar-refractivity contribution in [2.24, 2.45) is 0 Å². The number of aromatic nitrogens is 2. The number of rotatable bonds is 0. The lowest BCUT2D eigenvalue weighted by Crippen LogP contribution is -2.24. The first kappa shape index (κ1) is 6.48. The van der Waals surface area contributed by atoms with Crippen LogP contribution in [0.1, 0.15) is 24.1 Å². The van der Waals surface area contributed by atoms with E-state index >= 15 is 0 Å². The number of anilines is 1. The molecule has 4 nitrogen and oxygen atoms in total. The van der Waals surface area contributed by atoms with E-state index in [9.17, 15) is 0 Å². The molecule has 0 radical (unpaired) electrons. The van der Waals surface area contributed by atoms with Gasteiger partial charge in [0.1, 0.15) is 5.82 Å². The number of aromatic amines is 1. The molecule has 0 amide bonds. The van der Waals surface area contributed by atoms with Gasteiger partial charge in [-0.3, -0.25) is 10.00 Å². The van der Waals surface area contributed by atoms with Crippen molar-refractivity contribution in [1.82, 2.24) is 15.1 Å². The Bertz CT molecular complexity index is 337. The molecule has 0 unspecified atom stereocenters. The van der Waals surface area contributed by atoms with Gasteiger partial charge in [0.15, 0.2) is 0 Å². The van der Waals surface area contributed by atoms with Gasteiger partial charge in [-0.15, -0.1) is 0 Å². The van der Waals surface area contributed by atoms with Crippen molar-refractivity contribution in [2.75, 3.05) is 12.8 Å². The summed E-state index contributed by atoms with van der Waals surface area (Å²) >= 11 is 0. The Kier molecular flexibility index (Phi) is 0.898. The molecule has 1 aromatic rings. The second-order valence-electron chi connectivity index (χ2n) is 3.85. The zero-order chi connectivity index (χ0) is 8.34. The van der Waals surface area contributed by atoms with E-state index in [2.05, 4.69) is 22.1 Å². The van der Waals surface area contributed by atoms with E-state index in [1.807, 2.05) is 0 Å². The molecule has 1 aromatic heterocycles. The third kappa shape index (κ3) is 0.524. The Balaban J connectivity index is 2.19. The van der Waals surface area contributed by atoms with Crippen molar-refractivity contribution in [1.29, 1.82) is 0 Å². The summed E-state index contributed by atoms with van der Waals surface area (Å²) < 4.78 is 0. The van der Waals surface area contributed by atoms with Gasteiger partial charge in [-0.2, -0.15) is 5.10 Å². The standard InChI is InChI=1S/C8H12N4/c1-12-4-5-6(8(12)2-3-8)10-11-7(5)9/h2-4H2,1H3,(H3,9,10,11). The maximum absolute atomic E-state index is 5.76. The van der Waals surface area contributed by atoms with Gasteiger partial charge in [-0.05, 0) is 19.9 Å². The summed E-state index contributed by atoms with van der Waals surface area (Å²) in [6.07, 6.45) is 2.47. The lowest BCUT2D eigenvalue weighted by molar-refractivity contribution is 0.242. The highest BCUT2D eigenvalue weighted by Crippen LogP contribution is 2.55. The van der Waals surface area contributed by atoms with Gasteiger partial charge in [0.05, 0.1) is 11.2 Å². The van der Waals surface area contributed by atoms with Gasteiger partial charge >= 0.3 is 0 Å². The Hall–Kier alpha value is -1.03. The molecule has 3 rings (SSSR count). The van der Waals surface area contributed by atoms with Gasteiger partial charge in [0.2, 0.25) is 0 Å². The molecular formula is C8H12N4. The third-order valence-corrected chi connectivity index (χ3v) is 3.19. The highest BCUT2D eigenvalue weighted by molar-refractivity contribution is 5.49. The first-order valence-electron chi connectivity index (χ1n) is 4.28. The second kappa shape index (κ2) is 1.66. The fraction of sp³-hybridized carbons (Fsp3) is 0.625. The van der Waals surface area contributed by atoms with Crippen LogP contribution < -0.4 is 5.73 Å². The van der Waals surface area contributed by atoms with E-state index in [4.69, 9.17) is 5.73 Å². The smallest absolute Gasteiger partial charge is 0.123 e. The molecule has 1 spiro atoms. The van der Waals surface area contributed by atoms with Crippen molar-refractivity contribution in [3.8, 4) is 0 Å². The molecule has 2 aliphatic rings. The molecule has 12 heavy (non-hydrogen) atoms. The van der Waals surface area contributed by atoms with Crippen LogP contribution in [-0.4, -0.2) is 22.1 Å². The molecule has 4 heteroatoms. The van der Waals surface area contributed by atoms with Gasteiger partial charge in [-0.25, -0.2) is 0 Å². The van der Waals surface area contributed by atoms with Gasteiger partial charge in [0, 0.05) is 12.1 Å². The fourth-order valence-electron chi connectivity index (χ4n) is 2.23. The number of fused-ring (bicyclic) bond motifs is 2. The molecule has 1 saturated carbocycles. The zero-order valence-corrected chi connectivity index (χ0v) is 7.09. The van der Waals surface area contributed by atoms with E-state index in [0.717, 1.165) is 12.4 Å². The Morgan fingerprint density at radius 2 is 2.33 bits per heavy atom. The Labute approximate surface area is 70.7 Å². The highest BCUT2D eigenvalue weighted by atomic mass is 15.3. The average Bonchev–Trinajstić information content (AvgIpc) is 2.70. The van der Waals surface area contributed by atoms with Crippen LogP contribution in [0.25, 0.3) is 0 Å². The molecule has 1 fully saturated rings. The van der Waals surface area contributed by atoms with Crippen LogP contribution in [0.3, 0.4) is 0 Å². The summed E-state index contributed by atoms with van der Waals surface area (Å²) in [6.45, 7) is 0.956. The van der Waals surface area contributed by atoms with Crippen LogP contribution in [0.15, 0.2) is 0 Å². The molecule has 0 atom stereocenters. The summed E-state index contributed by atoms with van der Waals surface area (Å²) in [6, 6.07) is 0. The summed E-state index contributed by atoms with van der Waals surface area (Å²) in [5.41, 5.74) is 8.44. The Morgan fingerprint density at radius 1 is 1.58 bits per heavy atom. The zero-order valence-electron chi connectivity index (χ0n) is 7.09. The topological polar surface area (TPSA) is 57.9 Å². The van der Waals surface area contributed by atoms with Crippen LogP contribution >= 0.6 is 0 Å². The van der Waals surface area contributed by atoms with Crippen molar-refractivity contribution < 1.29 is 0 Å². The minimum atomic E-state index is 0.267. The molecule has 1 aliphatic heterocycles. The van der Waals surface area contributed by atoms with E-state index in [1.165, 1.54) is 24.1 Å². The summed E-state index contributed by atoms with van der Waals surface area (Å²) in [7, 11) is 2.15.